The van der Waals surface area contributed by atoms with Crippen molar-refractivity contribution >= 4 is 34.4 Å². The summed E-state index contributed by atoms with van der Waals surface area (Å²) < 4.78 is 36.9. The summed E-state index contributed by atoms with van der Waals surface area (Å²) in [6, 6.07) is 7.86. The third-order valence-electron chi connectivity index (χ3n) is 2.92. The molecule has 2 nitrogen and oxygen atoms in total. The summed E-state index contributed by atoms with van der Waals surface area (Å²) >= 11 is 6.18. The summed E-state index contributed by atoms with van der Waals surface area (Å²) in [6.45, 7) is 0. The predicted octanol–water partition coefficient (Wildman–Crippen LogP) is 5.50. The number of hydrogen-bond acceptors (Lipinski definition) is 2. The molecule has 7 heteroatoms. The first-order valence-corrected chi connectivity index (χ1v) is 7.11. The number of halogens is 4. The summed E-state index contributed by atoms with van der Waals surface area (Å²) in [5.74, 6) is 0. The molecule has 2 aromatic heterocycles. The Morgan fingerprint density at radius 1 is 1.10 bits per heavy atom. The molecule has 0 aliphatic rings. The molecule has 108 valence electrons. The van der Waals surface area contributed by atoms with Gasteiger partial charge in [-0.05, 0) is 35.5 Å². The molecular weight excluding hydrogens is 321 g/mol. The number of alkyl halides is 3. The minimum absolute atomic E-state index is 0.137. The van der Waals surface area contributed by atoms with E-state index in [4.69, 9.17) is 11.6 Å². The number of hydrogen-bond donors (Lipinski definition) is 1. The minimum Gasteiger partial charge on any atom is -0.346 e. The van der Waals surface area contributed by atoms with Gasteiger partial charge in [-0.1, -0.05) is 23.7 Å². The number of rotatable bonds is 2. The van der Waals surface area contributed by atoms with Crippen molar-refractivity contribution in [1.29, 1.82) is 0 Å². The van der Waals surface area contributed by atoms with Gasteiger partial charge in [0.25, 0.3) is 0 Å². The van der Waals surface area contributed by atoms with Crippen molar-refractivity contribution in [2.75, 3.05) is 0 Å². The maximum atomic E-state index is 12.3. The number of nitrogens with one attached hydrogen (secondary N) is 1. The lowest BCUT2D eigenvalue weighted by atomic mass is 10.1. The fourth-order valence-electron chi connectivity index (χ4n) is 2.01. The van der Waals surface area contributed by atoms with Crippen LogP contribution in [0.1, 0.15) is 0 Å². The molecule has 0 bridgehead atoms. The van der Waals surface area contributed by atoms with Crippen LogP contribution in [0.4, 0.5) is 13.2 Å². The van der Waals surface area contributed by atoms with E-state index in [1.54, 1.807) is 24.5 Å². The van der Waals surface area contributed by atoms with Gasteiger partial charge in [0.15, 0.2) is 0 Å². The number of nitrogens with zero attached hydrogens (tertiary/aromatic N) is 1. The summed E-state index contributed by atoms with van der Waals surface area (Å²) in [4.78, 5) is 7.32. The Bertz CT molecular complexity index is 781. The first-order chi connectivity index (χ1) is 9.94. The van der Waals surface area contributed by atoms with Gasteiger partial charge < -0.3 is 4.98 Å². The maximum absolute atomic E-state index is 12.3. The minimum atomic E-state index is -4.29. The van der Waals surface area contributed by atoms with E-state index in [2.05, 4.69) is 9.97 Å². The number of aromatic nitrogens is 2. The largest absolute Gasteiger partial charge is 0.446 e. The van der Waals surface area contributed by atoms with Crippen LogP contribution in [0.5, 0.6) is 0 Å². The summed E-state index contributed by atoms with van der Waals surface area (Å²) in [7, 11) is 0. The molecule has 0 atom stereocenters. The average molecular weight is 329 g/mol. The monoisotopic (exact) mass is 328 g/mol. The highest BCUT2D eigenvalue weighted by molar-refractivity contribution is 8.00. The zero-order valence-electron chi connectivity index (χ0n) is 10.4. The van der Waals surface area contributed by atoms with E-state index >= 15 is 0 Å². The van der Waals surface area contributed by atoms with E-state index in [-0.39, 0.29) is 16.7 Å². The molecule has 0 amide bonds. The number of H-pyrrole nitrogens is 1. The van der Waals surface area contributed by atoms with Crippen LogP contribution in [-0.2, 0) is 0 Å². The standard InChI is InChI=1S/C14H8ClF3N2S/c15-12-10-5-6-19-13(10)20-7-11(12)8-1-3-9(4-2-8)21-14(16,17)18/h1-7H,(H,19,20). The van der Waals surface area contributed by atoms with E-state index in [0.29, 0.717) is 16.2 Å². The van der Waals surface area contributed by atoms with E-state index in [1.807, 2.05) is 6.07 Å². The van der Waals surface area contributed by atoms with Crippen molar-refractivity contribution in [3.63, 3.8) is 0 Å². The molecule has 0 radical (unpaired) electrons. The molecule has 0 aliphatic heterocycles. The van der Waals surface area contributed by atoms with Crippen LogP contribution in [0.15, 0.2) is 47.6 Å². The Morgan fingerprint density at radius 2 is 1.81 bits per heavy atom. The zero-order chi connectivity index (χ0) is 15.0. The molecule has 0 saturated carbocycles. The first-order valence-electron chi connectivity index (χ1n) is 5.92. The number of thioether (sulfide) groups is 1. The summed E-state index contributed by atoms with van der Waals surface area (Å²) in [6.07, 6.45) is 3.34. The van der Waals surface area contributed by atoms with Crippen molar-refractivity contribution in [2.24, 2.45) is 0 Å². The highest BCUT2D eigenvalue weighted by Crippen LogP contribution is 2.38. The van der Waals surface area contributed by atoms with Crippen LogP contribution in [0.2, 0.25) is 5.02 Å². The second-order valence-electron chi connectivity index (χ2n) is 4.30. The molecular formula is C14H8ClF3N2S. The topological polar surface area (TPSA) is 28.7 Å². The maximum Gasteiger partial charge on any atom is 0.446 e. The van der Waals surface area contributed by atoms with Crippen molar-refractivity contribution in [1.82, 2.24) is 9.97 Å². The average Bonchev–Trinajstić information content (AvgIpc) is 2.88. The number of aromatic amines is 1. The summed E-state index contributed by atoms with van der Waals surface area (Å²) in [5.41, 5.74) is -2.20. The van der Waals surface area contributed by atoms with Gasteiger partial charge in [-0.3, -0.25) is 0 Å². The predicted molar refractivity (Wildman–Crippen MR) is 78.5 cm³/mol. The molecule has 0 fully saturated rings. The molecule has 3 rings (SSSR count). The van der Waals surface area contributed by atoms with Gasteiger partial charge in [-0.15, -0.1) is 0 Å². The van der Waals surface area contributed by atoms with E-state index in [9.17, 15) is 13.2 Å². The molecule has 0 aliphatic carbocycles. The van der Waals surface area contributed by atoms with Gasteiger partial charge in [-0.2, -0.15) is 13.2 Å². The van der Waals surface area contributed by atoms with Crippen LogP contribution in [0, 0.1) is 0 Å². The van der Waals surface area contributed by atoms with Crippen molar-refractivity contribution in [2.45, 2.75) is 10.4 Å². The molecule has 21 heavy (non-hydrogen) atoms. The lowest BCUT2D eigenvalue weighted by Gasteiger charge is -2.08. The van der Waals surface area contributed by atoms with E-state index in [1.165, 1.54) is 12.1 Å². The van der Waals surface area contributed by atoms with Crippen LogP contribution in [0.25, 0.3) is 22.2 Å². The highest BCUT2D eigenvalue weighted by atomic mass is 35.5. The molecule has 0 saturated heterocycles. The molecule has 2 heterocycles. The SMILES string of the molecule is FC(F)(F)Sc1ccc(-c2cnc3[nH]ccc3c2Cl)cc1. The van der Waals surface area contributed by atoms with Crippen molar-refractivity contribution < 1.29 is 13.2 Å². The highest BCUT2D eigenvalue weighted by Gasteiger charge is 2.29. The Kier molecular flexibility index (Phi) is 3.59. The second-order valence-corrected chi connectivity index (χ2v) is 5.81. The van der Waals surface area contributed by atoms with Gasteiger partial charge in [0.05, 0.1) is 5.02 Å². The summed E-state index contributed by atoms with van der Waals surface area (Å²) in [5, 5.41) is 1.31. The Labute approximate surface area is 127 Å². The fraction of sp³-hybridized carbons (Fsp3) is 0.0714. The van der Waals surface area contributed by atoms with Crippen LogP contribution in [-0.4, -0.2) is 15.5 Å². The van der Waals surface area contributed by atoms with Gasteiger partial charge >= 0.3 is 5.51 Å². The van der Waals surface area contributed by atoms with Gasteiger partial charge in [0.1, 0.15) is 5.65 Å². The number of pyridine rings is 1. The normalized spacial score (nSPS) is 12.0. The third-order valence-corrected chi connectivity index (χ3v) is 4.07. The molecule has 0 unspecified atom stereocenters. The molecule has 0 spiro atoms. The van der Waals surface area contributed by atoms with Gasteiger partial charge in [-0.25, -0.2) is 4.98 Å². The third kappa shape index (κ3) is 3.01. The van der Waals surface area contributed by atoms with Crippen molar-refractivity contribution in [3.8, 4) is 11.1 Å². The van der Waals surface area contributed by atoms with Gasteiger partial charge in [0, 0.05) is 28.2 Å². The number of fused-ring (bicyclic) bond motifs is 1. The van der Waals surface area contributed by atoms with Crippen LogP contribution in [0.3, 0.4) is 0 Å². The Balaban J connectivity index is 1.97. The van der Waals surface area contributed by atoms with Crippen LogP contribution < -0.4 is 0 Å². The molecule has 3 aromatic rings. The zero-order valence-corrected chi connectivity index (χ0v) is 12.0. The lowest BCUT2D eigenvalue weighted by Crippen LogP contribution is -1.98. The molecule has 1 aromatic carbocycles. The smallest absolute Gasteiger partial charge is 0.346 e. The van der Waals surface area contributed by atoms with Gasteiger partial charge in [0.2, 0.25) is 0 Å². The second kappa shape index (κ2) is 5.27. The Hall–Kier alpha value is -1.66. The van der Waals surface area contributed by atoms with E-state index < -0.39 is 5.51 Å². The quantitative estimate of drug-likeness (QED) is 0.630. The lowest BCUT2D eigenvalue weighted by molar-refractivity contribution is -0.0328. The molecule has 1 N–H and O–H groups in total. The van der Waals surface area contributed by atoms with Crippen molar-refractivity contribution in [3.05, 3.63) is 47.7 Å². The fourth-order valence-corrected chi connectivity index (χ4v) is 2.86. The number of benzene rings is 1. The van der Waals surface area contributed by atoms with Crippen LogP contribution >= 0.6 is 23.4 Å². The first kappa shape index (κ1) is 14.3. The Morgan fingerprint density at radius 3 is 2.48 bits per heavy atom. The van der Waals surface area contributed by atoms with E-state index in [0.717, 1.165) is 10.9 Å².